The first-order valence-electron chi connectivity index (χ1n) is 4.52. The third-order valence-electron chi connectivity index (χ3n) is 1.88. The second-order valence-electron chi connectivity index (χ2n) is 3.17. The van der Waals surface area contributed by atoms with Gasteiger partial charge in [0.25, 0.3) is 0 Å². The third kappa shape index (κ3) is 3.92. The van der Waals surface area contributed by atoms with E-state index in [1.54, 1.807) is 12.1 Å². The number of halogens is 1. The van der Waals surface area contributed by atoms with Crippen LogP contribution in [0.4, 0.5) is 0 Å². The number of hydrogen-bond donors (Lipinski definition) is 2. The van der Waals surface area contributed by atoms with Crippen LogP contribution in [0.5, 0.6) is 0 Å². The highest BCUT2D eigenvalue weighted by Crippen LogP contribution is 2.19. The van der Waals surface area contributed by atoms with Gasteiger partial charge in [-0.15, -0.1) is 0 Å². The topological polar surface area (TPSA) is 87.7 Å². The highest BCUT2D eigenvalue weighted by atomic mass is 79.9. The van der Waals surface area contributed by atoms with Gasteiger partial charge in [-0.1, -0.05) is 0 Å². The maximum Gasteiger partial charge on any atom is 0.336 e. The molecule has 0 aliphatic carbocycles. The minimum absolute atomic E-state index is 0.130. The fourth-order valence-electron chi connectivity index (χ4n) is 1.16. The van der Waals surface area contributed by atoms with Crippen LogP contribution in [0.15, 0.2) is 38.4 Å². The van der Waals surface area contributed by atoms with E-state index in [1.165, 1.54) is 13.0 Å². The number of aliphatic carboxylic acids is 2. The molecule has 1 aromatic heterocycles. The Balaban J connectivity index is 3.14. The number of carbonyl (C=O) groups is 2. The summed E-state index contributed by atoms with van der Waals surface area (Å²) in [5.74, 6) is -2.09. The predicted molar refractivity (Wildman–Crippen MR) is 63.4 cm³/mol. The van der Waals surface area contributed by atoms with Crippen LogP contribution in [-0.4, -0.2) is 22.2 Å². The van der Waals surface area contributed by atoms with Crippen molar-refractivity contribution in [2.45, 2.75) is 6.92 Å². The normalized spacial score (nSPS) is 12.6. The van der Waals surface area contributed by atoms with Gasteiger partial charge < -0.3 is 14.6 Å². The van der Waals surface area contributed by atoms with Crippen LogP contribution >= 0.6 is 15.9 Å². The molecule has 0 aromatic carbocycles. The lowest BCUT2D eigenvalue weighted by atomic mass is 10.1. The average molecular weight is 301 g/mol. The summed E-state index contributed by atoms with van der Waals surface area (Å²) in [6, 6.07) is 3.18. The van der Waals surface area contributed by atoms with Crippen LogP contribution in [0.25, 0.3) is 6.08 Å². The number of rotatable bonds is 4. The van der Waals surface area contributed by atoms with E-state index in [9.17, 15) is 9.59 Å². The molecule has 0 saturated carbocycles. The summed E-state index contributed by atoms with van der Waals surface area (Å²) < 4.78 is 5.59. The fourth-order valence-corrected chi connectivity index (χ4v) is 1.47. The first-order chi connectivity index (χ1) is 7.90. The molecule has 0 aliphatic rings. The summed E-state index contributed by atoms with van der Waals surface area (Å²) in [6.45, 7) is 1.41. The number of carboxylic acid groups (broad SMARTS) is 2. The standard InChI is InChI=1S/C11H9BrO5/c1-6(4-10(13)14)8(11(15)16)5-7-2-3-9(12)17-7/h2-5H,1H3,(H,13,14)(H,15,16)/b6-4-,8-5-. The molecule has 6 heteroatoms. The van der Waals surface area contributed by atoms with Gasteiger partial charge in [-0.25, -0.2) is 9.59 Å². The summed E-state index contributed by atoms with van der Waals surface area (Å²) in [7, 11) is 0. The van der Waals surface area contributed by atoms with E-state index < -0.39 is 11.9 Å². The molecule has 0 radical (unpaired) electrons. The maximum atomic E-state index is 11.0. The van der Waals surface area contributed by atoms with Crippen LogP contribution in [-0.2, 0) is 9.59 Å². The van der Waals surface area contributed by atoms with Crippen LogP contribution in [0.2, 0.25) is 0 Å². The Morgan fingerprint density at radius 3 is 2.41 bits per heavy atom. The van der Waals surface area contributed by atoms with Gasteiger partial charge in [-0.2, -0.15) is 0 Å². The first kappa shape index (κ1) is 13.2. The number of carboxylic acids is 2. The lowest BCUT2D eigenvalue weighted by molar-refractivity contribution is -0.132. The van der Waals surface area contributed by atoms with E-state index in [0.717, 1.165) is 6.08 Å². The number of furan rings is 1. The van der Waals surface area contributed by atoms with E-state index in [2.05, 4.69) is 15.9 Å². The lowest BCUT2D eigenvalue weighted by Crippen LogP contribution is -2.03. The second kappa shape index (κ2) is 5.49. The predicted octanol–water partition coefficient (Wildman–Crippen LogP) is 2.54. The first-order valence-corrected chi connectivity index (χ1v) is 5.31. The van der Waals surface area contributed by atoms with Crippen molar-refractivity contribution in [2.24, 2.45) is 0 Å². The molecule has 0 aliphatic heterocycles. The van der Waals surface area contributed by atoms with Gasteiger partial charge in [-0.3, -0.25) is 0 Å². The largest absolute Gasteiger partial charge is 0.478 e. The maximum absolute atomic E-state index is 11.0. The molecule has 1 rings (SSSR count). The Morgan fingerprint density at radius 1 is 1.35 bits per heavy atom. The molecule has 0 fully saturated rings. The Labute approximate surface area is 105 Å². The number of hydrogen-bond acceptors (Lipinski definition) is 3. The molecule has 90 valence electrons. The van der Waals surface area contributed by atoms with Crippen LogP contribution in [0, 0.1) is 0 Å². The Kier molecular flexibility index (Phi) is 4.28. The zero-order valence-corrected chi connectivity index (χ0v) is 10.4. The van der Waals surface area contributed by atoms with Crippen molar-refractivity contribution in [3.8, 4) is 0 Å². The van der Waals surface area contributed by atoms with E-state index in [1.807, 2.05) is 0 Å². The molecule has 1 heterocycles. The van der Waals surface area contributed by atoms with E-state index >= 15 is 0 Å². The van der Waals surface area contributed by atoms with Gasteiger partial charge in [0.05, 0.1) is 5.57 Å². The molecule has 0 bridgehead atoms. The van der Waals surface area contributed by atoms with Crippen molar-refractivity contribution >= 4 is 33.9 Å². The van der Waals surface area contributed by atoms with Crippen LogP contribution in [0.3, 0.4) is 0 Å². The van der Waals surface area contributed by atoms with Gasteiger partial charge in [0.15, 0.2) is 4.67 Å². The molecule has 1 aromatic rings. The highest BCUT2D eigenvalue weighted by molar-refractivity contribution is 9.10. The summed E-state index contributed by atoms with van der Waals surface area (Å²) >= 11 is 3.08. The average Bonchev–Trinajstić information content (AvgIpc) is 2.58. The van der Waals surface area contributed by atoms with Crippen molar-refractivity contribution in [3.05, 3.63) is 39.8 Å². The smallest absolute Gasteiger partial charge is 0.336 e. The monoisotopic (exact) mass is 300 g/mol. The molecule has 5 nitrogen and oxygen atoms in total. The molecule has 0 amide bonds. The van der Waals surface area contributed by atoms with Gasteiger partial charge in [0.1, 0.15) is 5.76 Å². The van der Waals surface area contributed by atoms with Crippen molar-refractivity contribution in [1.29, 1.82) is 0 Å². The van der Waals surface area contributed by atoms with Gasteiger partial charge in [0, 0.05) is 6.08 Å². The summed E-state index contributed by atoms with van der Waals surface area (Å²) in [5, 5.41) is 17.5. The molecular formula is C11H9BrO5. The summed E-state index contributed by atoms with van der Waals surface area (Å²) in [4.78, 5) is 21.4. The molecule has 0 spiro atoms. The van der Waals surface area contributed by atoms with E-state index in [-0.39, 0.29) is 11.1 Å². The van der Waals surface area contributed by atoms with Crippen molar-refractivity contribution in [1.82, 2.24) is 0 Å². The summed E-state index contributed by atoms with van der Waals surface area (Å²) in [6.07, 6.45) is 2.10. The van der Waals surface area contributed by atoms with Gasteiger partial charge in [0.2, 0.25) is 0 Å². The Hall–Kier alpha value is -1.82. The lowest BCUT2D eigenvalue weighted by Gasteiger charge is -2.00. The molecular weight excluding hydrogens is 292 g/mol. The van der Waals surface area contributed by atoms with Gasteiger partial charge in [-0.05, 0) is 46.6 Å². The Bertz CT molecular complexity index is 510. The molecule has 0 saturated heterocycles. The SMILES string of the molecule is CC(=C/C(=O)O)/C(=C/c1ccc(Br)o1)C(=O)O. The molecule has 0 unspecified atom stereocenters. The summed E-state index contributed by atoms with van der Waals surface area (Å²) in [5.41, 5.74) is 0.00627. The molecule has 0 atom stereocenters. The van der Waals surface area contributed by atoms with Crippen molar-refractivity contribution in [2.75, 3.05) is 0 Å². The van der Waals surface area contributed by atoms with E-state index in [0.29, 0.717) is 10.4 Å². The zero-order valence-electron chi connectivity index (χ0n) is 8.81. The quantitative estimate of drug-likeness (QED) is 0.659. The minimum Gasteiger partial charge on any atom is -0.478 e. The molecule has 2 N–H and O–H groups in total. The highest BCUT2D eigenvalue weighted by Gasteiger charge is 2.12. The Morgan fingerprint density at radius 2 is 2.00 bits per heavy atom. The van der Waals surface area contributed by atoms with Crippen molar-refractivity contribution in [3.63, 3.8) is 0 Å². The minimum atomic E-state index is -1.22. The van der Waals surface area contributed by atoms with E-state index in [4.69, 9.17) is 14.6 Å². The van der Waals surface area contributed by atoms with Crippen molar-refractivity contribution < 1.29 is 24.2 Å². The second-order valence-corrected chi connectivity index (χ2v) is 3.95. The van der Waals surface area contributed by atoms with Crippen LogP contribution < -0.4 is 0 Å². The van der Waals surface area contributed by atoms with Gasteiger partial charge >= 0.3 is 11.9 Å². The molecule has 17 heavy (non-hydrogen) atoms. The van der Waals surface area contributed by atoms with Crippen LogP contribution in [0.1, 0.15) is 12.7 Å². The third-order valence-corrected chi connectivity index (χ3v) is 2.30. The fraction of sp³-hybridized carbons (Fsp3) is 0.0909. The zero-order chi connectivity index (χ0) is 13.0.